The summed E-state index contributed by atoms with van der Waals surface area (Å²) in [5.74, 6) is -0.287. The van der Waals surface area contributed by atoms with E-state index < -0.39 is 23.4 Å². The molecule has 37 heavy (non-hydrogen) atoms. The second kappa shape index (κ2) is 8.86. The number of nitrogens with zero attached hydrogens (tertiary/aromatic N) is 5. The molecule has 1 spiro atoms. The van der Waals surface area contributed by atoms with E-state index >= 15 is 0 Å². The summed E-state index contributed by atoms with van der Waals surface area (Å²) in [7, 11) is 0. The zero-order chi connectivity index (χ0) is 25.4. The van der Waals surface area contributed by atoms with Crippen LogP contribution in [0.15, 0.2) is 79.4 Å². The molecule has 0 unspecified atom stereocenters. The number of hydrogen-bond acceptors (Lipinski definition) is 8. The van der Waals surface area contributed by atoms with Gasteiger partial charge in [-0.3, -0.25) is 25.2 Å². The Morgan fingerprint density at radius 1 is 0.892 bits per heavy atom. The third-order valence-corrected chi connectivity index (χ3v) is 6.49. The number of rotatable bonds is 5. The van der Waals surface area contributed by atoms with Crippen LogP contribution >= 0.6 is 0 Å². The molecule has 3 aromatic heterocycles. The number of aromatic nitrogens is 4. The van der Waals surface area contributed by atoms with Gasteiger partial charge in [-0.25, -0.2) is 14.5 Å². The van der Waals surface area contributed by atoms with Crippen molar-refractivity contribution in [2.24, 2.45) is 0 Å². The predicted molar refractivity (Wildman–Crippen MR) is 132 cm³/mol. The van der Waals surface area contributed by atoms with E-state index in [4.69, 9.17) is 4.74 Å². The molecule has 2 N–H and O–H groups in total. The first-order chi connectivity index (χ1) is 18.0. The first-order valence-electron chi connectivity index (χ1n) is 11.7. The van der Waals surface area contributed by atoms with Crippen LogP contribution in [0.5, 0.6) is 11.6 Å². The fourth-order valence-corrected chi connectivity index (χ4v) is 4.71. The number of amides is 4. The summed E-state index contributed by atoms with van der Waals surface area (Å²) >= 11 is 0. The van der Waals surface area contributed by atoms with Crippen molar-refractivity contribution in [2.75, 3.05) is 11.4 Å². The molecule has 0 atom stereocenters. The topological polar surface area (TPSA) is 131 Å². The number of nitrogens with one attached hydrogen (secondary N) is 2. The fraction of sp³-hybridized carbons (Fsp3) is 0.154. The van der Waals surface area contributed by atoms with Crippen LogP contribution < -0.4 is 20.3 Å². The van der Waals surface area contributed by atoms with E-state index in [1.165, 1.54) is 0 Å². The van der Waals surface area contributed by atoms with Gasteiger partial charge in [-0.05, 0) is 61.4 Å². The number of benzene rings is 1. The molecule has 1 aromatic carbocycles. The van der Waals surface area contributed by atoms with E-state index in [9.17, 15) is 14.4 Å². The number of urea groups is 1. The molecule has 2 fully saturated rings. The van der Waals surface area contributed by atoms with E-state index in [0.717, 1.165) is 16.9 Å². The van der Waals surface area contributed by atoms with Crippen molar-refractivity contribution >= 4 is 23.5 Å². The van der Waals surface area contributed by atoms with E-state index in [-0.39, 0.29) is 0 Å². The second-order valence-electron chi connectivity index (χ2n) is 8.69. The van der Waals surface area contributed by atoms with Gasteiger partial charge in [-0.1, -0.05) is 0 Å². The Morgan fingerprint density at radius 2 is 1.70 bits per heavy atom. The maximum atomic E-state index is 12.6. The van der Waals surface area contributed by atoms with Crippen molar-refractivity contribution < 1.29 is 19.1 Å². The van der Waals surface area contributed by atoms with Gasteiger partial charge >= 0.3 is 6.03 Å². The molecule has 0 saturated carbocycles. The highest BCUT2D eigenvalue weighted by molar-refractivity contribution is 6.24. The largest absolute Gasteiger partial charge is 0.439 e. The molecule has 0 radical (unpaired) electrons. The number of imide groups is 2. The van der Waals surface area contributed by atoms with E-state index in [1.807, 2.05) is 48.7 Å². The SMILES string of the molecule is O=C1NC(=O)C2(CCCN2c2ccc(Oc3ccc(-c4ccn(-c5cccnc5)n4)cc3)nc2)C(=O)N1. The van der Waals surface area contributed by atoms with Crippen LogP contribution in [0, 0.1) is 0 Å². The first-order valence-corrected chi connectivity index (χ1v) is 11.7. The Bertz CT molecular complexity index is 1460. The van der Waals surface area contributed by atoms with E-state index in [1.54, 1.807) is 40.3 Å². The minimum atomic E-state index is -1.46. The van der Waals surface area contributed by atoms with Crippen molar-refractivity contribution in [3.63, 3.8) is 0 Å². The normalized spacial score (nSPS) is 16.5. The monoisotopic (exact) mass is 495 g/mol. The standard InChI is InChI=1S/C26H21N7O4/c34-23-26(24(35)30-25(36)29-23)11-2-13-32(26)18-6-9-22(28-16-18)37-20-7-4-17(5-8-20)21-10-14-33(31-21)19-3-1-12-27-15-19/h1,3-10,12,14-16H,2,11,13H2,(H2,29,30,34,35,36). The van der Waals surface area contributed by atoms with Gasteiger partial charge in [-0.2, -0.15) is 5.10 Å². The summed E-state index contributed by atoms with van der Waals surface area (Å²) < 4.78 is 7.65. The molecule has 0 bridgehead atoms. The van der Waals surface area contributed by atoms with Crippen LogP contribution in [-0.4, -0.2) is 49.7 Å². The highest BCUT2D eigenvalue weighted by Gasteiger charge is 2.57. The Morgan fingerprint density at radius 3 is 2.41 bits per heavy atom. The first kappa shape index (κ1) is 22.4. The number of pyridine rings is 2. The predicted octanol–water partition coefficient (Wildman–Crippen LogP) is 2.83. The van der Waals surface area contributed by atoms with Gasteiger partial charge in [0.25, 0.3) is 11.8 Å². The molecule has 2 aliphatic rings. The van der Waals surface area contributed by atoms with Crippen LogP contribution in [-0.2, 0) is 9.59 Å². The Labute approximate surface area is 211 Å². The number of hydrogen-bond donors (Lipinski definition) is 2. The summed E-state index contributed by atoms with van der Waals surface area (Å²) in [6, 6.07) is 15.8. The Kier molecular flexibility index (Phi) is 5.37. The smallest absolute Gasteiger partial charge is 0.328 e. The van der Waals surface area contributed by atoms with Crippen molar-refractivity contribution in [1.82, 2.24) is 30.4 Å². The molecule has 184 valence electrons. The van der Waals surface area contributed by atoms with Crippen molar-refractivity contribution in [1.29, 1.82) is 0 Å². The van der Waals surface area contributed by atoms with Crippen LogP contribution in [0.2, 0.25) is 0 Å². The number of barbiturate groups is 1. The average Bonchev–Trinajstić information content (AvgIpc) is 3.58. The maximum Gasteiger partial charge on any atom is 0.328 e. The van der Waals surface area contributed by atoms with Crippen LogP contribution in [0.25, 0.3) is 16.9 Å². The molecule has 6 rings (SSSR count). The second-order valence-corrected chi connectivity index (χ2v) is 8.69. The molecule has 0 aliphatic carbocycles. The lowest BCUT2D eigenvalue weighted by Gasteiger charge is -2.38. The molecule has 4 amide bonds. The summed E-state index contributed by atoms with van der Waals surface area (Å²) in [6.07, 6.45) is 7.83. The van der Waals surface area contributed by atoms with E-state index in [0.29, 0.717) is 36.7 Å². The van der Waals surface area contributed by atoms with Crippen LogP contribution in [0.3, 0.4) is 0 Å². The van der Waals surface area contributed by atoms with Gasteiger partial charge < -0.3 is 9.64 Å². The minimum absolute atomic E-state index is 0.309. The Balaban J connectivity index is 1.16. The van der Waals surface area contributed by atoms with Gasteiger partial charge in [0.1, 0.15) is 5.75 Å². The van der Waals surface area contributed by atoms with Gasteiger partial charge in [0.2, 0.25) is 5.88 Å². The third kappa shape index (κ3) is 3.96. The molecular weight excluding hydrogens is 474 g/mol. The quantitative estimate of drug-likeness (QED) is 0.404. The molecule has 11 nitrogen and oxygen atoms in total. The van der Waals surface area contributed by atoms with Gasteiger partial charge in [-0.15, -0.1) is 0 Å². The maximum absolute atomic E-state index is 12.6. The number of carbonyl (C=O) groups excluding carboxylic acids is 3. The third-order valence-electron chi connectivity index (χ3n) is 6.49. The average molecular weight is 495 g/mol. The number of carbonyl (C=O) groups is 3. The zero-order valence-corrected chi connectivity index (χ0v) is 19.5. The van der Waals surface area contributed by atoms with Crippen molar-refractivity contribution in [2.45, 2.75) is 18.4 Å². The molecular formula is C26H21N7O4. The lowest BCUT2D eigenvalue weighted by molar-refractivity contribution is -0.137. The summed E-state index contributed by atoms with van der Waals surface area (Å²) in [5.41, 5.74) is 1.75. The number of anilines is 1. The molecule has 2 saturated heterocycles. The molecule has 11 heteroatoms. The van der Waals surface area contributed by atoms with Gasteiger partial charge in [0, 0.05) is 30.6 Å². The van der Waals surface area contributed by atoms with E-state index in [2.05, 4.69) is 25.7 Å². The zero-order valence-electron chi connectivity index (χ0n) is 19.5. The minimum Gasteiger partial charge on any atom is -0.439 e. The number of ether oxygens (including phenoxy) is 1. The van der Waals surface area contributed by atoms with Crippen LogP contribution in [0.4, 0.5) is 10.5 Å². The highest BCUT2D eigenvalue weighted by atomic mass is 16.5. The summed E-state index contributed by atoms with van der Waals surface area (Å²) in [6.45, 7) is 0.481. The van der Waals surface area contributed by atoms with Gasteiger partial charge in [0.05, 0.1) is 29.5 Å². The van der Waals surface area contributed by atoms with Crippen LogP contribution in [0.1, 0.15) is 12.8 Å². The van der Waals surface area contributed by atoms with Crippen molar-refractivity contribution in [3.05, 3.63) is 79.4 Å². The summed E-state index contributed by atoms with van der Waals surface area (Å²) in [4.78, 5) is 47.0. The highest BCUT2D eigenvalue weighted by Crippen LogP contribution is 2.36. The molecule has 4 aromatic rings. The fourth-order valence-electron chi connectivity index (χ4n) is 4.71. The van der Waals surface area contributed by atoms with Gasteiger partial charge in [0.15, 0.2) is 5.54 Å². The lowest BCUT2D eigenvalue weighted by atomic mass is 9.92. The Hall–Kier alpha value is -5.06. The van der Waals surface area contributed by atoms with Crippen molar-refractivity contribution in [3.8, 4) is 28.6 Å². The molecule has 2 aliphatic heterocycles. The molecule has 5 heterocycles. The lowest BCUT2D eigenvalue weighted by Crippen LogP contribution is -2.71. The summed E-state index contributed by atoms with van der Waals surface area (Å²) in [5, 5.41) is 9.02.